The first-order valence-electron chi connectivity index (χ1n) is 10.1. The average molecular weight is 399 g/mol. The molecule has 2 aliphatic rings. The minimum absolute atomic E-state index is 0.544. The summed E-state index contributed by atoms with van der Waals surface area (Å²) in [5.74, 6) is 4.22. The minimum Gasteiger partial charge on any atom is -0.356 e. The van der Waals surface area contributed by atoms with E-state index in [0.29, 0.717) is 30.2 Å². The van der Waals surface area contributed by atoms with E-state index in [1.807, 2.05) is 36.7 Å². The van der Waals surface area contributed by atoms with Crippen LogP contribution in [-0.4, -0.2) is 48.4 Å². The standard InChI is InChI=1S/C21H21N9/c1-2-4-13(5-3-1)8-24-21-22-7-6-16(26-21)20-23-10-18(27-20)30-11-14-15(12-30)19(14)17-9-25-29-28-17/h1-7,9-10,14-15,19H,8,11-12H2,(H,23,27)(H,22,24,26)(H,25,28,29). The Morgan fingerprint density at radius 2 is 1.90 bits per heavy atom. The number of aromatic nitrogens is 7. The summed E-state index contributed by atoms with van der Waals surface area (Å²) >= 11 is 0. The summed E-state index contributed by atoms with van der Waals surface area (Å²) in [6, 6.07) is 12.1. The highest BCUT2D eigenvalue weighted by Gasteiger charge is 2.57. The van der Waals surface area contributed by atoms with Crippen LogP contribution in [0.15, 0.2) is 55.0 Å². The molecule has 1 aliphatic heterocycles. The molecular weight excluding hydrogens is 378 g/mol. The Bertz CT molecular complexity index is 1130. The van der Waals surface area contributed by atoms with E-state index in [4.69, 9.17) is 0 Å². The summed E-state index contributed by atoms with van der Waals surface area (Å²) in [6.45, 7) is 2.70. The Morgan fingerprint density at radius 1 is 1.03 bits per heavy atom. The summed E-state index contributed by atoms with van der Waals surface area (Å²) in [5, 5.41) is 14.2. The lowest BCUT2D eigenvalue weighted by Crippen LogP contribution is -2.23. The highest BCUT2D eigenvalue weighted by atomic mass is 15.3. The van der Waals surface area contributed by atoms with E-state index in [1.165, 1.54) is 5.56 Å². The van der Waals surface area contributed by atoms with Crippen molar-refractivity contribution in [2.75, 3.05) is 23.3 Å². The molecule has 1 saturated heterocycles. The number of rotatable bonds is 6. The molecule has 2 fully saturated rings. The SMILES string of the molecule is c1ccc(CNc2nccc(-c3ncc(N4CC5C(C4)C5c4cn[nH]n4)[nH]3)n2)cc1. The number of H-pyrrole nitrogens is 2. The maximum atomic E-state index is 4.61. The lowest BCUT2D eigenvalue weighted by molar-refractivity contribution is 0.729. The molecule has 0 amide bonds. The van der Waals surface area contributed by atoms with Crippen LogP contribution < -0.4 is 10.2 Å². The fraction of sp³-hybridized carbons (Fsp3) is 0.286. The lowest BCUT2D eigenvalue weighted by atomic mass is 10.2. The van der Waals surface area contributed by atoms with Crippen molar-refractivity contribution in [2.24, 2.45) is 11.8 Å². The normalized spacial score (nSPS) is 22.1. The van der Waals surface area contributed by atoms with Gasteiger partial charge in [0.05, 0.1) is 18.1 Å². The van der Waals surface area contributed by atoms with Gasteiger partial charge >= 0.3 is 0 Å². The van der Waals surface area contributed by atoms with Gasteiger partial charge in [0.25, 0.3) is 0 Å². The zero-order valence-corrected chi connectivity index (χ0v) is 16.2. The van der Waals surface area contributed by atoms with Crippen molar-refractivity contribution in [1.29, 1.82) is 0 Å². The fourth-order valence-corrected chi connectivity index (χ4v) is 4.49. The van der Waals surface area contributed by atoms with E-state index in [2.05, 4.69) is 57.7 Å². The molecule has 3 aromatic heterocycles. The van der Waals surface area contributed by atoms with Gasteiger partial charge in [-0.2, -0.15) is 15.4 Å². The number of piperidine rings is 1. The maximum absolute atomic E-state index is 4.61. The van der Waals surface area contributed by atoms with Gasteiger partial charge in [0.15, 0.2) is 5.82 Å². The Kier molecular flexibility index (Phi) is 3.97. The first kappa shape index (κ1) is 17.1. The second kappa shape index (κ2) is 6.94. The zero-order valence-electron chi connectivity index (χ0n) is 16.2. The van der Waals surface area contributed by atoms with E-state index >= 15 is 0 Å². The molecule has 1 aliphatic carbocycles. The molecule has 3 N–H and O–H groups in total. The lowest BCUT2D eigenvalue weighted by Gasteiger charge is -2.19. The molecule has 0 spiro atoms. The number of anilines is 2. The second-order valence-corrected chi connectivity index (χ2v) is 7.88. The predicted molar refractivity (Wildman–Crippen MR) is 112 cm³/mol. The van der Waals surface area contributed by atoms with Crippen LogP contribution in [-0.2, 0) is 6.54 Å². The highest BCUT2D eigenvalue weighted by molar-refractivity contribution is 5.56. The molecule has 4 heterocycles. The molecule has 30 heavy (non-hydrogen) atoms. The Hall–Kier alpha value is -3.75. The van der Waals surface area contributed by atoms with E-state index in [1.54, 1.807) is 6.20 Å². The number of aromatic amines is 2. The number of nitrogens with zero attached hydrogens (tertiary/aromatic N) is 6. The molecule has 1 saturated carbocycles. The minimum atomic E-state index is 0.544. The van der Waals surface area contributed by atoms with Crippen molar-refractivity contribution in [3.63, 3.8) is 0 Å². The van der Waals surface area contributed by atoms with Crippen LogP contribution in [0.5, 0.6) is 0 Å². The predicted octanol–water partition coefficient (Wildman–Crippen LogP) is 2.45. The van der Waals surface area contributed by atoms with E-state index < -0.39 is 0 Å². The van der Waals surface area contributed by atoms with Gasteiger partial charge in [0, 0.05) is 31.7 Å². The summed E-state index contributed by atoms with van der Waals surface area (Å²) in [6.07, 6.45) is 5.50. The summed E-state index contributed by atoms with van der Waals surface area (Å²) in [5.41, 5.74) is 3.05. The topological polar surface area (TPSA) is 111 Å². The molecule has 2 unspecified atom stereocenters. The Balaban J connectivity index is 1.12. The van der Waals surface area contributed by atoms with Crippen molar-refractivity contribution in [1.82, 2.24) is 35.3 Å². The van der Waals surface area contributed by atoms with Gasteiger partial charge < -0.3 is 15.2 Å². The molecule has 150 valence electrons. The average Bonchev–Trinajstić information content (AvgIpc) is 3.33. The third-order valence-electron chi connectivity index (χ3n) is 6.06. The molecule has 1 aromatic carbocycles. The molecule has 0 radical (unpaired) electrons. The van der Waals surface area contributed by atoms with Gasteiger partial charge in [-0.15, -0.1) is 0 Å². The van der Waals surface area contributed by atoms with E-state index in [-0.39, 0.29) is 0 Å². The van der Waals surface area contributed by atoms with Crippen LogP contribution in [0.25, 0.3) is 11.5 Å². The first-order valence-corrected chi connectivity index (χ1v) is 10.1. The summed E-state index contributed by atoms with van der Waals surface area (Å²) in [7, 11) is 0. The molecule has 9 nitrogen and oxygen atoms in total. The third kappa shape index (κ3) is 3.08. The Morgan fingerprint density at radius 3 is 2.70 bits per heavy atom. The van der Waals surface area contributed by atoms with Crippen molar-refractivity contribution < 1.29 is 0 Å². The van der Waals surface area contributed by atoms with Crippen LogP contribution >= 0.6 is 0 Å². The number of benzene rings is 1. The number of hydrogen-bond donors (Lipinski definition) is 3. The summed E-state index contributed by atoms with van der Waals surface area (Å²) < 4.78 is 0. The van der Waals surface area contributed by atoms with Gasteiger partial charge in [-0.3, -0.25) is 0 Å². The maximum Gasteiger partial charge on any atom is 0.223 e. The van der Waals surface area contributed by atoms with E-state index in [0.717, 1.165) is 36.1 Å². The quantitative estimate of drug-likeness (QED) is 0.457. The monoisotopic (exact) mass is 399 g/mol. The molecule has 4 aromatic rings. The molecule has 9 heteroatoms. The summed E-state index contributed by atoms with van der Waals surface area (Å²) in [4.78, 5) is 19.3. The number of nitrogens with one attached hydrogen (secondary N) is 3. The van der Waals surface area contributed by atoms with Crippen LogP contribution in [0.3, 0.4) is 0 Å². The fourth-order valence-electron chi connectivity index (χ4n) is 4.49. The second-order valence-electron chi connectivity index (χ2n) is 7.88. The van der Waals surface area contributed by atoms with Crippen molar-refractivity contribution in [3.05, 3.63) is 66.2 Å². The van der Waals surface area contributed by atoms with Crippen LogP contribution in [0.2, 0.25) is 0 Å². The van der Waals surface area contributed by atoms with Gasteiger partial charge in [-0.05, 0) is 23.5 Å². The molecule has 6 rings (SSSR count). The van der Waals surface area contributed by atoms with E-state index in [9.17, 15) is 0 Å². The van der Waals surface area contributed by atoms with Gasteiger partial charge in [-0.25, -0.2) is 15.0 Å². The molecule has 2 atom stereocenters. The van der Waals surface area contributed by atoms with Crippen LogP contribution in [0.1, 0.15) is 17.2 Å². The Labute approximate surface area is 173 Å². The smallest absolute Gasteiger partial charge is 0.223 e. The van der Waals surface area contributed by atoms with Crippen LogP contribution in [0.4, 0.5) is 11.8 Å². The number of imidazole rings is 1. The van der Waals surface area contributed by atoms with Crippen molar-refractivity contribution in [2.45, 2.75) is 12.5 Å². The van der Waals surface area contributed by atoms with Gasteiger partial charge in [0.2, 0.25) is 5.95 Å². The molecular formula is C21H21N9. The number of fused-ring (bicyclic) bond motifs is 1. The van der Waals surface area contributed by atoms with Gasteiger partial charge in [-0.1, -0.05) is 30.3 Å². The van der Waals surface area contributed by atoms with Crippen molar-refractivity contribution >= 4 is 11.8 Å². The van der Waals surface area contributed by atoms with Crippen molar-refractivity contribution in [3.8, 4) is 11.5 Å². The van der Waals surface area contributed by atoms with Crippen LogP contribution in [0, 0.1) is 11.8 Å². The largest absolute Gasteiger partial charge is 0.356 e. The zero-order chi connectivity index (χ0) is 19.9. The van der Waals surface area contributed by atoms with Gasteiger partial charge in [0.1, 0.15) is 11.5 Å². The molecule has 0 bridgehead atoms. The third-order valence-corrected chi connectivity index (χ3v) is 6.06. The number of hydrogen-bond acceptors (Lipinski definition) is 7. The first-order chi connectivity index (χ1) is 14.8. The highest BCUT2D eigenvalue weighted by Crippen LogP contribution is 2.57.